The zero-order valence-corrected chi connectivity index (χ0v) is 8.39. The number of carbonyl (C=O) groups is 1. The molecule has 0 heterocycles. The molecule has 2 heteroatoms. The van der Waals surface area contributed by atoms with E-state index in [-0.39, 0.29) is 5.78 Å². The van der Waals surface area contributed by atoms with Gasteiger partial charge in [0.2, 0.25) is 0 Å². The third-order valence-electron chi connectivity index (χ3n) is 1.58. The van der Waals surface area contributed by atoms with Crippen molar-refractivity contribution in [3.05, 3.63) is 46.5 Å². The molecule has 62 valence electrons. The Morgan fingerprint density at radius 1 is 1.58 bits per heavy atom. The SMILES string of the molecule is C=CC(=O)c1ccc(C)cc1Br. The normalized spacial score (nSPS) is 9.50. The minimum absolute atomic E-state index is 0.0538. The summed E-state index contributed by atoms with van der Waals surface area (Å²) < 4.78 is 0.826. The average molecular weight is 225 g/mol. The molecule has 0 aliphatic heterocycles. The monoisotopic (exact) mass is 224 g/mol. The van der Waals surface area contributed by atoms with Crippen molar-refractivity contribution in [3.63, 3.8) is 0 Å². The van der Waals surface area contributed by atoms with Crippen LogP contribution in [-0.4, -0.2) is 5.78 Å². The van der Waals surface area contributed by atoms with Crippen LogP contribution in [0, 0.1) is 6.92 Å². The lowest BCUT2D eigenvalue weighted by Crippen LogP contribution is -1.94. The van der Waals surface area contributed by atoms with Crippen LogP contribution in [0.25, 0.3) is 0 Å². The molecule has 0 bridgehead atoms. The lowest BCUT2D eigenvalue weighted by Gasteiger charge is -2.00. The molecular formula is C10H9BrO. The predicted molar refractivity (Wildman–Crippen MR) is 53.4 cm³/mol. The predicted octanol–water partition coefficient (Wildman–Crippen LogP) is 3.13. The van der Waals surface area contributed by atoms with E-state index in [2.05, 4.69) is 22.5 Å². The Balaban J connectivity index is 3.18. The van der Waals surface area contributed by atoms with Crippen molar-refractivity contribution in [3.8, 4) is 0 Å². The molecule has 0 radical (unpaired) electrons. The largest absolute Gasteiger partial charge is 0.289 e. The van der Waals surface area contributed by atoms with Crippen LogP contribution in [0.4, 0.5) is 0 Å². The van der Waals surface area contributed by atoms with Crippen molar-refractivity contribution in [2.75, 3.05) is 0 Å². The smallest absolute Gasteiger partial charge is 0.186 e. The molecule has 0 unspecified atom stereocenters. The van der Waals surface area contributed by atoms with Crippen molar-refractivity contribution in [2.45, 2.75) is 6.92 Å². The van der Waals surface area contributed by atoms with E-state index in [1.807, 2.05) is 19.1 Å². The third kappa shape index (κ3) is 1.83. The van der Waals surface area contributed by atoms with Gasteiger partial charge in [-0.2, -0.15) is 0 Å². The second-order valence-corrected chi connectivity index (χ2v) is 3.41. The third-order valence-corrected chi connectivity index (χ3v) is 2.23. The van der Waals surface area contributed by atoms with Gasteiger partial charge in [-0.25, -0.2) is 0 Å². The maximum Gasteiger partial charge on any atom is 0.186 e. The Kier molecular flexibility index (Phi) is 2.82. The van der Waals surface area contributed by atoms with Gasteiger partial charge in [-0.3, -0.25) is 4.79 Å². The molecule has 0 aliphatic rings. The zero-order chi connectivity index (χ0) is 9.14. The van der Waals surface area contributed by atoms with Gasteiger partial charge in [0, 0.05) is 10.0 Å². The molecule has 0 aliphatic carbocycles. The van der Waals surface area contributed by atoms with Crippen molar-refractivity contribution in [1.82, 2.24) is 0 Å². The van der Waals surface area contributed by atoms with Crippen LogP contribution in [0.1, 0.15) is 15.9 Å². The summed E-state index contributed by atoms with van der Waals surface area (Å²) in [5.74, 6) is -0.0538. The fourth-order valence-electron chi connectivity index (χ4n) is 0.930. The molecule has 12 heavy (non-hydrogen) atoms. The van der Waals surface area contributed by atoms with Gasteiger partial charge in [0.05, 0.1) is 0 Å². The van der Waals surface area contributed by atoms with Crippen LogP contribution in [0.15, 0.2) is 35.3 Å². The first-order valence-corrected chi connectivity index (χ1v) is 4.37. The van der Waals surface area contributed by atoms with Gasteiger partial charge in [0.1, 0.15) is 0 Å². The molecule has 0 saturated carbocycles. The van der Waals surface area contributed by atoms with Crippen LogP contribution in [0.5, 0.6) is 0 Å². The first-order chi connectivity index (χ1) is 5.65. The minimum atomic E-state index is -0.0538. The van der Waals surface area contributed by atoms with Gasteiger partial charge in [0.15, 0.2) is 5.78 Å². The van der Waals surface area contributed by atoms with Gasteiger partial charge < -0.3 is 0 Å². The fourth-order valence-corrected chi connectivity index (χ4v) is 1.62. The maximum absolute atomic E-state index is 11.2. The van der Waals surface area contributed by atoms with Crippen LogP contribution in [-0.2, 0) is 0 Å². The summed E-state index contributed by atoms with van der Waals surface area (Å²) >= 11 is 3.32. The van der Waals surface area contributed by atoms with Crippen LogP contribution >= 0.6 is 15.9 Å². The first-order valence-electron chi connectivity index (χ1n) is 3.58. The molecule has 0 spiro atoms. The van der Waals surface area contributed by atoms with E-state index in [1.54, 1.807) is 6.07 Å². The standard InChI is InChI=1S/C10H9BrO/c1-3-10(12)8-5-4-7(2)6-9(8)11/h3-6H,1H2,2H3. The van der Waals surface area contributed by atoms with E-state index < -0.39 is 0 Å². The zero-order valence-electron chi connectivity index (χ0n) is 6.80. The van der Waals surface area contributed by atoms with Gasteiger partial charge in [-0.15, -0.1) is 0 Å². The van der Waals surface area contributed by atoms with Crippen LogP contribution in [0.3, 0.4) is 0 Å². The Morgan fingerprint density at radius 3 is 2.75 bits per heavy atom. The highest BCUT2D eigenvalue weighted by Gasteiger charge is 2.05. The lowest BCUT2D eigenvalue weighted by molar-refractivity contribution is 0.104. The molecule has 0 saturated heterocycles. The topological polar surface area (TPSA) is 17.1 Å². The lowest BCUT2D eigenvalue weighted by atomic mass is 10.1. The maximum atomic E-state index is 11.2. The number of carbonyl (C=O) groups excluding carboxylic acids is 1. The van der Waals surface area contributed by atoms with Crippen LogP contribution in [0.2, 0.25) is 0 Å². The summed E-state index contributed by atoms with van der Waals surface area (Å²) in [6.07, 6.45) is 1.31. The van der Waals surface area contributed by atoms with Crippen molar-refractivity contribution in [2.24, 2.45) is 0 Å². The molecule has 1 rings (SSSR count). The van der Waals surface area contributed by atoms with Gasteiger partial charge in [-0.05, 0) is 30.7 Å². The van der Waals surface area contributed by atoms with E-state index >= 15 is 0 Å². The number of ketones is 1. The molecule has 0 atom stereocenters. The molecule has 0 fully saturated rings. The molecule has 1 aromatic rings. The summed E-state index contributed by atoms with van der Waals surface area (Å²) in [6.45, 7) is 5.41. The molecule has 0 amide bonds. The number of halogens is 1. The number of aryl methyl sites for hydroxylation is 1. The number of benzene rings is 1. The Labute approximate surface area is 80.2 Å². The van der Waals surface area contributed by atoms with Gasteiger partial charge >= 0.3 is 0 Å². The summed E-state index contributed by atoms with van der Waals surface area (Å²) in [6, 6.07) is 5.61. The summed E-state index contributed by atoms with van der Waals surface area (Å²) in [4.78, 5) is 11.2. The Bertz CT molecular complexity index is 329. The quantitative estimate of drug-likeness (QED) is 0.558. The van der Waals surface area contributed by atoms with E-state index in [0.717, 1.165) is 10.0 Å². The van der Waals surface area contributed by atoms with Gasteiger partial charge in [-0.1, -0.05) is 28.6 Å². The highest BCUT2D eigenvalue weighted by atomic mass is 79.9. The first kappa shape index (κ1) is 9.20. The highest BCUT2D eigenvalue weighted by molar-refractivity contribution is 9.10. The fraction of sp³-hybridized carbons (Fsp3) is 0.100. The second kappa shape index (κ2) is 3.68. The number of hydrogen-bond acceptors (Lipinski definition) is 1. The van der Waals surface area contributed by atoms with Crippen molar-refractivity contribution < 1.29 is 4.79 Å². The number of rotatable bonds is 2. The van der Waals surface area contributed by atoms with E-state index in [1.165, 1.54) is 6.08 Å². The summed E-state index contributed by atoms with van der Waals surface area (Å²) in [5.41, 5.74) is 1.79. The molecular weight excluding hydrogens is 216 g/mol. The van der Waals surface area contributed by atoms with E-state index in [9.17, 15) is 4.79 Å². The molecule has 0 aromatic heterocycles. The second-order valence-electron chi connectivity index (χ2n) is 2.55. The van der Waals surface area contributed by atoms with E-state index in [4.69, 9.17) is 0 Å². The van der Waals surface area contributed by atoms with E-state index in [0.29, 0.717) is 5.56 Å². The Hall–Kier alpha value is -0.890. The molecule has 0 N–H and O–H groups in total. The molecule has 1 nitrogen and oxygen atoms in total. The van der Waals surface area contributed by atoms with Crippen molar-refractivity contribution in [1.29, 1.82) is 0 Å². The average Bonchev–Trinajstić information content (AvgIpc) is 2.03. The van der Waals surface area contributed by atoms with Crippen molar-refractivity contribution >= 4 is 21.7 Å². The number of hydrogen-bond donors (Lipinski definition) is 0. The highest BCUT2D eigenvalue weighted by Crippen LogP contribution is 2.18. The Morgan fingerprint density at radius 2 is 2.25 bits per heavy atom. The summed E-state index contributed by atoms with van der Waals surface area (Å²) in [5, 5.41) is 0. The number of allylic oxidation sites excluding steroid dienone is 1. The summed E-state index contributed by atoms with van der Waals surface area (Å²) in [7, 11) is 0. The van der Waals surface area contributed by atoms with Gasteiger partial charge in [0.25, 0.3) is 0 Å². The molecule has 1 aromatic carbocycles. The minimum Gasteiger partial charge on any atom is -0.289 e. The van der Waals surface area contributed by atoms with Crippen LogP contribution < -0.4 is 0 Å².